The number of methoxy groups -OCH3 is 1. The Kier molecular flexibility index (Phi) is 7.17. The second-order valence-electron chi connectivity index (χ2n) is 5.18. The molecule has 2 rings (SSSR count). The monoisotopic (exact) mass is 355 g/mol. The molecule has 0 saturated carbocycles. The zero-order chi connectivity index (χ0) is 18.8. The Balaban J connectivity index is 1.80. The Labute approximate surface area is 152 Å². The summed E-state index contributed by atoms with van der Waals surface area (Å²) in [6.07, 6.45) is 1.48. The minimum Gasteiger partial charge on any atom is -0.496 e. The van der Waals surface area contributed by atoms with Gasteiger partial charge in [0.2, 0.25) is 0 Å². The van der Waals surface area contributed by atoms with Crippen LogP contribution in [0.15, 0.2) is 53.6 Å². The molecule has 2 aromatic carbocycles. The minimum absolute atomic E-state index is 0.185. The number of hydrazone groups is 1. The van der Waals surface area contributed by atoms with Crippen molar-refractivity contribution >= 4 is 18.0 Å². The largest absolute Gasteiger partial charge is 0.496 e. The molecule has 7 nitrogen and oxygen atoms in total. The van der Waals surface area contributed by atoms with Crippen LogP contribution in [0.25, 0.3) is 0 Å². The average molecular weight is 355 g/mol. The summed E-state index contributed by atoms with van der Waals surface area (Å²) in [6, 6.07) is 14.0. The van der Waals surface area contributed by atoms with E-state index in [0.29, 0.717) is 23.7 Å². The number of amides is 2. The maximum Gasteiger partial charge on any atom is 0.259 e. The van der Waals surface area contributed by atoms with E-state index in [1.807, 2.05) is 25.1 Å². The molecule has 0 fully saturated rings. The summed E-state index contributed by atoms with van der Waals surface area (Å²) in [4.78, 5) is 23.8. The number of ether oxygens (including phenoxy) is 2. The summed E-state index contributed by atoms with van der Waals surface area (Å²) in [5.41, 5.74) is 3.53. The second kappa shape index (κ2) is 9.83. The number of rotatable bonds is 8. The van der Waals surface area contributed by atoms with E-state index in [4.69, 9.17) is 9.47 Å². The molecule has 0 aliphatic heterocycles. The average Bonchev–Trinajstić information content (AvgIpc) is 2.67. The highest BCUT2D eigenvalue weighted by Crippen LogP contribution is 2.14. The summed E-state index contributed by atoms with van der Waals surface area (Å²) in [5.74, 6) is 0.550. The lowest BCUT2D eigenvalue weighted by Gasteiger charge is -2.06. The van der Waals surface area contributed by atoms with E-state index < -0.39 is 5.91 Å². The predicted molar refractivity (Wildman–Crippen MR) is 98.7 cm³/mol. The zero-order valence-electron chi connectivity index (χ0n) is 14.7. The number of nitrogens with zero attached hydrogens (tertiary/aromatic N) is 1. The highest BCUT2D eigenvalue weighted by atomic mass is 16.5. The topological polar surface area (TPSA) is 89.0 Å². The first kappa shape index (κ1) is 19.0. The highest BCUT2D eigenvalue weighted by molar-refractivity contribution is 5.96. The number of nitrogens with one attached hydrogen (secondary N) is 2. The van der Waals surface area contributed by atoms with Crippen LogP contribution in [0, 0.1) is 0 Å². The molecular formula is C19H21N3O4. The summed E-state index contributed by atoms with van der Waals surface area (Å²) in [5, 5.41) is 6.39. The van der Waals surface area contributed by atoms with E-state index in [1.54, 1.807) is 37.4 Å². The van der Waals surface area contributed by atoms with Crippen molar-refractivity contribution in [2.45, 2.75) is 6.92 Å². The molecule has 2 amide bonds. The van der Waals surface area contributed by atoms with Gasteiger partial charge in [0.15, 0.2) is 0 Å². The molecule has 0 saturated heterocycles. The van der Waals surface area contributed by atoms with Crippen molar-refractivity contribution in [3.8, 4) is 11.5 Å². The van der Waals surface area contributed by atoms with Gasteiger partial charge in [0.05, 0.1) is 26.5 Å². The Morgan fingerprint density at radius 3 is 2.54 bits per heavy atom. The Morgan fingerprint density at radius 2 is 1.85 bits per heavy atom. The molecule has 0 unspecified atom stereocenters. The van der Waals surface area contributed by atoms with E-state index in [1.165, 1.54) is 6.21 Å². The van der Waals surface area contributed by atoms with Gasteiger partial charge in [-0.1, -0.05) is 12.1 Å². The molecule has 2 aromatic rings. The lowest BCUT2D eigenvalue weighted by molar-refractivity contribution is -0.120. The van der Waals surface area contributed by atoms with Crippen molar-refractivity contribution in [2.24, 2.45) is 5.10 Å². The Hall–Kier alpha value is -3.35. The molecule has 136 valence electrons. The second-order valence-corrected chi connectivity index (χ2v) is 5.18. The Bertz CT molecular complexity index is 773. The quantitative estimate of drug-likeness (QED) is 0.560. The summed E-state index contributed by atoms with van der Waals surface area (Å²) in [7, 11) is 1.56. The lowest BCUT2D eigenvalue weighted by atomic mass is 10.2. The molecule has 0 spiro atoms. The van der Waals surface area contributed by atoms with E-state index >= 15 is 0 Å². The van der Waals surface area contributed by atoms with Crippen LogP contribution in [0.2, 0.25) is 0 Å². The molecule has 7 heteroatoms. The number of carbonyl (C=O) groups excluding carboxylic acids is 2. The first-order valence-corrected chi connectivity index (χ1v) is 8.10. The molecule has 0 bridgehead atoms. The van der Waals surface area contributed by atoms with Gasteiger partial charge < -0.3 is 14.8 Å². The molecule has 0 atom stereocenters. The number of carbonyl (C=O) groups is 2. The highest BCUT2D eigenvalue weighted by Gasteiger charge is 2.08. The predicted octanol–water partition coefficient (Wildman–Crippen LogP) is 1.97. The van der Waals surface area contributed by atoms with Gasteiger partial charge in [-0.15, -0.1) is 0 Å². The van der Waals surface area contributed by atoms with Crippen LogP contribution in [0.3, 0.4) is 0 Å². The van der Waals surface area contributed by atoms with Gasteiger partial charge in [0, 0.05) is 11.1 Å². The van der Waals surface area contributed by atoms with Gasteiger partial charge in [-0.05, 0) is 43.3 Å². The fourth-order valence-corrected chi connectivity index (χ4v) is 2.12. The summed E-state index contributed by atoms with van der Waals surface area (Å²) >= 11 is 0. The van der Waals surface area contributed by atoms with Crippen molar-refractivity contribution in [3.63, 3.8) is 0 Å². The molecular weight excluding hydrogens is 334 g/mol. The summed E-state index contributed by atoms with van der Waals surface area (Å²) < 4.78 is 10.5. The van der Waals surface area contributed by atoms with Crippen molar-refractivity contribution in [2.75, 3.05) is 20.3 Å². The fourth-order valence-electron chi connectivity index (χ4n) is 2.12. The van der Waals surface area contributed by atoms with Crippen LogP contribution in [0.5, 0.6) is 11.5 Å². The molecule has 0 heterocycles. The maximum absolute atomic E-state index is 12.0. The first-order chi connectivity index (χ1) is 12.6. The standard InChI is InChI=1S/C19H21N3O4/c1-3-26-16-10-8-14(9-11-16)19(24)20-13-18(23)22-21-12-15-6-4-5-7-17(15)25-2/h4-12H,3,13H2,1-2H3,(H,20,24)(H,22,23)/b21-12+. The number of benzene rings is 2. The van der Waals surface area contributed by atoms with Crippen LogP contribution < -0.4 is 20.2 Å². The minimum atomic E-state index is -0.435. The van der Waals surface area contributed by atoms with Gasteiger partial charge >= 0.3 is 0 Å². The smallest absolute Gasteiger partial charge is 0.259 e. The van der Waals surface area contributed by atoms with E-state index in [0.717, 1.165) is 5.56 Å². The molecule has 26 heavy (non-hydrogen) atoms. The molecule has 0 radical (unpaired) electrons. The lowest BCUT2D eigenvalue weighted by Crippen LogP contribution is -2.34. The van der Waals surface area contributed by atoms with Crippen LogP contribution in [0.4, 0.5) is 0 Å². The van der Waals surface area contributed by atoms with Gasteiger partial charge in [-0.2, -0.15) is 5.10 Å². The first-order valence-electron chi connectivity index (χ1n) is 8.10. The number of hydrogen-bond acceptors (Lipinski definition) is 5. The Morgan fingerprint density at radius 1 is 1.12 bits per heavy atom. The van der Waals surface area contributed by atoms with E-state index in [2.05, 4.69) is 15.8 Å². The number of hydrogen-bond donors (Lipinski definition) is 2. The maximum atomic E-state index is 12.0. The zero-order valence-corrected chi connectivity index (χ0v) is 14.7. The van der Waals surface area contributed by atoms with E-state index in [9.17, 15) is 9.59 Å². The summed E-state index contributed by atoms with van der Waals surface area (Å²) in [6.45, 7) is 2.26. The molecule has 0 aromatic heterocycles. The van der Waals surface area contributed by atoms with Gasteiger partial charge in [0.1, 0.15) is 11.5 Å². The van der Waals surface area contributed by atoms with E-state index in [-0.39, 0.29) is 12.5 Å². The van der Waals surface area contributed by atoms with Gasteiger partial charge in [0.25, 0.3) is 11.8 Å². The van der Waals surface area contributed by atoms with Gasteiger partial charge in [-0.25, -0.2) is 5.43 Å². The van der Waals surface area contributed by atoms with Crippen LogP contribution in [0.1, 0.15) is 22.8 Å². The van der Waals surface area contributed by atoms with Crippen molar-refractivity contribution in [1.82, 2.24) is 10.7 Å². The third kappa shape index (κ3) is 5.62. The fraction of sp³-hybridized carbons (Fsp3) is 0.211. The van der Waals surface area contributed by atoms with Crippen molar-refractivity contribution in [1.29, 1.82) is 0 Å². The molecule has 2 N–H and O–H groups in total. The van der Waals surface area contributed by atoms with Crippen LogP contribution in [-0.4, -0.2) is 38.3 Å². The van der Waals surface area contributed by atoms with Crippen LogP contribution in [-0.2, 0) is 4.79 Å². The van der Waals surface area contributed by atoms with Crippen molar-refractivity contribution < 1.29 is 19.1 Å². The third-order valence-electron chi connectivity index (χ3n) is 3.37. The molecule has 0 aliphatic rings. The van der Waals surface area contributed by atoms with Crippen LogP contribution >= 0.6 is 0 Å². The third-order valence-corrected chi connectivity index (χ3v) is 3.37. The normalized spacial score (nSPS) is 10.4. The van der Waals surface area contributed by atoms with Crippen molar-refractivity contribution in [3.05, 3.63) is 59.7 Å². The number of para-hydroxylation sites is 1. The van der Waals surface area contributed by atoms with Gasteiger partial charge in [-0.3, -0.25) is 9.59 Å². The SMILES string of the molecule is CCOc1ccc(C(=O)NCC(=O)N/N=C/c2ccccc2OC)cc1. The molecule has 0 aliphatic carbocycles.